The third kappa shape index (κ3) is 2.25. The molecular weight excluding hydrogens is 208 g/mol. The van der Waals surface area contributed by atoms with Gasteiger partial charge in [0.05, 0.1) is 5.56 Å². The number of phenols is 2. The number of nitrogens with zero attached hydrogens (tertiary/aromatic N) is 1. The van der Waals surface area contributed by atoms with Crippen LogP contribution in [0.2, 0.25) is 0 Å². The molecule has 1 aromatic rings. The van der Waals surface area contributed by atoms with E-state index in [1.54, 1.807) is 0 Å². The number of benzene rings is 1. The number of phenolic OH excluding ortho intramolecular Hbond substituents is 2. The molecule has 0 aromatic heterocycles. The first kappa shape index (κ1) is 12.3. The summed E-state index contributed by atoms with van der Waals surface area (Å²) < 4.78 is 0. The maximum absolute atomic E-state index is 11.6. The number of carbonyl (C=O) groups is 1. The lowest BCUT2D eigenvalue weighted by atomic mass is 9.98. The second kappa shape index (κ2) is 4.40. The molecular formula is C11H16N2O3. The average Bonchev–Trinajstić information content (AvgIpc) is 2.16. The Bertz CT molecular complexity index is 414. The SMILES string of the molecule is CC(C)c1cc(C(=O)N(C)N)c(O)cc1O. The molecule has 1 aromatic carbocycles. The monoisotopic (exact) mass is 224 g/mol. The number of nitrogens with two attached hydrogens (primary N) is 1. The van der Waals surface area contributed by atoms with Crippen molar-refractivity contribution in [3.8, 4) is 11.5 Å². The standard InChI is InChI=1S/C11H16N2O3/c1-6(2)7-4-8(11(16)13(3)12)10(15)5-9(7)14/h4-6,14-15H,12H2,1-3H3. The molecule has 5 nitrogen and oxygen atoms in total. The summed E-state index contributed by atoms with van der Waals surface area (Å²) in [5.41, 5.74) is 0.689. The molecule has 0 saturated heterocycles. The molecule has 0 bridgehead atoms. The molecule has 0 atom stereocenters. The number of rotatable bonds is 2. The number of hydrogen-bond acceptors (Lipinski definition) is 4. The minimum atomic E-state index is -0.501. The zero-order valence-corrected chi connectivity index (χ0v) is 9.56. The van der Waals surface area contributed by atoms with Crippen LogP contribution in [0, 0.1) is 0 Å². The van der Waals surface area contributed by atoms with Crippen LogP contribution in [0.25, 0.3) is 0 Å². The Balaban J connectivity index is 3.30. The van der Waals surface area contributed by atoms with Crippen molar-refractivity contribution in [2.24, 2.45) is 5.84 Å². The van der Waals surface area contributed by atoms with E-state index < -0.39 is 5.91 Å². The van der Waals surface area contributed by atoms with Gasteiger partial charge in [-0.2, -0.15) is 0 Å². The van der Waals surface area contributed by atoms with Crippen LogP contribution in [0.1, 0.15) is 35.7 Å². The lowest BCUT2D eigenvalue weighted by Crippen LogP contribution is -2.33. The highest BCUT2D eigenvalue weighted by Crippen LogP contribution is 2.32. The normalized spacial score (nSPS) is 10.6. The summed E-state index contributed by atoms with van der Waals surface area (Å²) in [6.07, 6.45) is 0. The summed E-state index contributed by atoms with van der Waals surface area (Å²) >= 11 is 0. The van der Waals surface area contributed by atoms with Crippen molar-refractivity contribution in [1.82, 2.24) is 5.01 Å². The molecule has 16 heavy (non-hydrogen) atoms. The zero-order chi connectivity index (χ0) is 12.5. The van der Waals surface area contributed by atoms with Crippen LogP contribution in [0.3, 0.4) is 0 Å². The molecule has 5 heteroatoms. The van der Waals surface area contributed by atoms with E-state index in [2.05, 4.69) is 0 Å². The van der Waals surface area contributed by atoms with Gasteiger partial charge in [0.1, 0.15) is 11.5 Å². The molecule has 0 aliphatic heterocycles. The molecule has 4 N–H and O–H groups in total. The summed E-state index contributed by atoms with van der Waals surface area (Å²) in [4.78, 5) is 11.6. The van der Waals surface area contributed by atoms with Gasteiger partial charge in [-0.1, -0.05) is 13.8 Å². The van der Waals surface area contributed by atoms with Crippen LogP contribution in [0.5, 0.6) is 11.5 Å². The Hall–Kier alpha value is -1.75. The first-order valence-electron chi connectivity index (χ1n) is 4.93. The Kier molecular flexibility index (Phi) is 3.39. The van der Waals surface area contributed by atoms with Gasteiger partial charge in [-0.15, -0.1) is 0 Å². The fourth-order valence-corrected chi connectivity index (χ4v) is 1.42. The highest BCUT2D eigenvalue weighted by molar-refractivity contribution is 5.96. The fraction of sp³-hybridized carbons (Fsp3) is 0.364. The lowest BCUT2D eigenvalue weighted by molar-refractivity contribution is 0.0792. The number of hydrogen-bond donors (Lipinski definition) is 3. The van der Waals surface area contributed by atoms with E-state index in [1.807, 2.05) is 13.8 Å². The Morgan fingerprint density at radius 3 is 2.31 bits per heavy atom. The van der Waals surface area contributed by atoms with Crippen molar-refractivity contribution in [3.63, 3.8) is 0 Å². The smallest absolute Gasteiger partial charge is 0.271 e. The Morgan fingerprint density at radius 1 is 1.31 bits per heavy atom. The minimum Gasteiger partial charge on any atom is -0.508 e. The molecule has 88 valence electrons. The summed E-state index contributed by atoms with van der Waals surface area (Å²) in [7, 11) is 1.39. The van der Waals surface area contributed by atoms with E-state index in [4.69, 9.17) is 5.84 Å². The van der Waals surface area contributed by atoms with Crippen molar-refractivity contribution in [3.05, 3.63) is 23.3 Å². The molecule has 0 radical (unpaired) electrons. The maximum Gasteiger partial charge on any atom is 0.271 e. The van der Waals surface area contributed by atoms with Gasteiger partial charge in [-0.05, 0) is 17.5 Å². The topological polar surface area (TPSA) is 86.8 Å². The largest absolute Gasteiger partial charge is 0.508 e. The minimum absolute atomic E-state index is 0.0243. The third-order valence-electron chi connectivity index (χ3n) is 2.32. The summed E-state index contributed by atoms with van der Waals surface area (Å²) in [6.45, 7) is 3.76. The highest BCUT2D eigenvalue weighted by Gasteiger charge is 2.18. The predicted molar refractivity (Wildman–Crippen MR) is 60.1 cm³/mol. The van der Waals surface area contributed by atoms with Crippen molar-refractivity contribution < 1.29 is 15.0 Å². The third-order valence-corrected chi connectivity index (χ3v) is 2.32. The lowest BCUT2D eigenvalue weighted by Gasteiger charge is -2.15. The molecule has 0 aliphatic rings. The van der Waals surface area contributed by atoms with Crippen molar-refractivity contribution in [1.29, 1.82) is 0 Å². The van der Waals surface area contributed by atoms with Gasteiger partial charge in [0.25, 0.3) is 5.91 Å². The van der Waals surface area contributed by atoms with E-state index >= 15 is 0 Å². The van der Waals surface area contributed by atoms with Crippen molar-refractivity contribution >= 4 is 5.91 Å². The molecule has 0 spiro atoms. The molecule has 0 heterocycles. The highest BCUT2D eigenvalue weighted by atomic mass is 16.3. The van der Waals surface area contributed by atoms with Crippen molar-refractivity contribution in [2.45, 2.75) is 19.8 Å². The zero-order valence-electron chi connectivity index (χ0n) is 9.56. The van der Waals surface area contributed by atoms with Gasteiger partial charge in [0, 0.05) is 13.1 Å². The molecule has 0 fully saturated rings. The molecule has 1 rings (SSSR count). The van der Waals surface area contributed by atoms with Crippen LogP contribution < -0.4 is 5.84 Å². The van der Waals surface area contributed by atoms with E-state index in [0.717, 1.165) is 11.1 Å². The van der Waals surface area contributed by atoms with Crippen LogP contribution >= 0.6 is 0 Å². The first-order valence-corrected chi connectivity index (χ1v) is 4.93. The molecule has 0 saturated carbocycles. The van der Waals surface area contributed by atoms with Crippen LogP contribution in [0.15, 0.2) is 12.1 Å². The van der Waals surface area contributed by atoms with E-state index in [1.165, 1.54) is 13.1 Å². The second-order valence-electron chi connectivity index (χ2n) is 4.00. The molecule has 0 unspecified atom stereocenters. The van der Waals surface area contributed by atoms with Gasteiger partial charge in [-0.3, -0.25) is 9.80 Å². The number of carbonyl (C=O) groups excluding carboxylic acids is 1. The van der Waals surface area contributed by atoms with Gasteiger partial charge in [0.2, 0.25) is 0 Å². The van der Waals surface area contributed by atoms with E-state index in [9.17, 15) is 15.0 Å². The first-order chi connectivity index (χ1) is 7.34. The summed E-state index contributed by atoms with van der Waals surface area (Å²) in [5.74, 6) is 4.56. The van der Waals surface area contributed by atoms with E-state index in [-0.39, 0.29) is 23.0 Å². The van der Waals surface area contributed by atoms with Gasteiger partial charge in [0.15, 0.2) is 0 Å². The van der Waals surface area contributed by atoms with Crippen LogP contribution in [0.4, 0.5) is 0 Å². The maximum atomic E-state index is 11.6. The summed E-state index contributed by atoms with van der Waals surface area (Å²) in [6, 6.07) is 2.62. The number of amides is 1. The summed E-state index contributed by atoms with van der Waals surface area (Å²) in [5, 5.41) is 20.0. The van der Waals surface area contributed by atoms with Crippen LogP contribution in [-0.4, -0.2) is 28.2 Å². The average molecular weight is 224 g/mol. The second-order valence-corrected chi connectivity index (χ2v) is 4.00. The molecule has 1 amide bonds. The van der Waals surface area contributed by atoms with Gasteiger partial charge >= 0.3 is 0 Å². The number of hydrazine groups is 1. The Labute approximate surface area is 94.1 Å². The fourth-order valence-electron chi connectivity index (χ4n) is 1.42. The van der Waals surface area contributed by atoms with E-state index in [0.29, 0.717) is 5.56 Å². The predicted octanol–water partition coefficient (Wildman–Crippen LogP) is 1.17. The number of aromatic hydroxyl groups is 2. The van der Waals surface area contributed by atoms with Gasteiger partial charge < -0.3 is 10.2 Å². The molecule has 0 aliphatic carbocycles. The van der Waals surface area contributed by atoms with Gasteiger partial charge in [-0.25, -0.2) is 5.84 Å². The van der Waals surface area contributed by atoms with Crippen molar-refractivity contribution in [2.75, 3.05) is 7.05 Å². The quantitative estimate of drug-likeness (QED) is 0.400. The Morgan fingerprint density at radius 2 is 1.88 bits per heavy atom. The van der Waals surface area contributed by atoms with Crippen LogP contribution in [-0.2, 0) is 0 Å².